The largest absolute Gasteiger partial charge is 0.469 e. The minimum Gasteiger partial charge on any atom is -0.469 e. The Labute approximate surface area is 138 Å². The first-order chi connectivity index (χ1) is 10.5. The van der Waals surface area contributed by atoms with E-state index in [4.69, 9.17) is 4.74 Å². The number of hydrogen-bond acceptors (Lipinski definition) is 6. The summed E-state index contributed by atoms with van der Waals surface area (Å²) in [5.41, 5.74) is -0.595. The SMILES string of the molecule is COC(=O)C[C@@H]1CCS(=O)(=O)CC[C@H]1CNC(=O)OC(C)(C)C. The first-order valence-electron chi connectivity index (χ1n) is 7.76. The van der Waals surface area contributed by atoms with Crippen molar-refractivity contribution in [3.05, 3.63) is 0 Å². The zero-order chi connectivity index (χ0) is 17.7. The maximum atomic E-state index is 11.8. The lowest BCUT2D eigenvalue weighted by Crippen LogP contribution is -2.37. The molecule has 0 aromatic rings. The molecule has 0 bridgehead atoms. The van der Waals surface area contributed by atoms with Gasteiger partial charge in [-0.05, 0) is 45.4 Å². The summed E-state index contributed by atoms with van der Waals surface area (Å²) in [6, 6.07) is 0. The van der Waals surface area contributed by atoms with Crippen molar-refractivity contribution in [3.8, 4) is 0 Å². The van der Waals surface area contributed by atoms with Crippen LogP contribution in [-0.2, 0) is 24.1 Å². The summed E-state index contributed by atoms with van der Waals surface area (Å²) in [4.78, 5) is 23.3. The number of nitrogens with one attached hydrogen (secondary N) is 1. The van der Waals surface area contributed by atoms with Crippen LogP contribution in [0, 0.1) is 11.8 Å². The number of methoxy groups -OCH3 is 1. The average Bonchev–Trinajstić information content (AvgIpc) is 2.54. The van der Waals surface area contributed by atoms with Gasteiger partial charge >= 0.3 is 12.1 Å². The molecule has 0 aromatic carbocycles. The van der Waals surface area contributed by atoms with Crippen molar-refractivity contribution in [2.45, 2.75) is 45.6 Å². The second kappa shape index (κ2) is 7.99. The number of amides is 1. The molecule has 0 radical (unpaired) electrons. The maximum Gasteiger partial charge on any atom is 0.407 e. The van der Waals surface area contributed by atoms with Crippen molar-refractivity contribution in [1.82, 2.24) is 5.32 Å². The van der Waals surface area contributed by atoms with Gasteiger partial charge in [0.05, 0.1) is 18.6 Å². The lowest BCUT2D eigenvalue weighted by atomic mass is 9.85. The Morgan fingerprint density at radius 3 is 2.22 bits per heavy atom. The number of alkyl carbamates (subject to hydrolysis) is 1. The van der Waals surface area contributed by atoms with Crippen molar-refractivity contribution in [1.29, 1.82) is 0 Å². The van der Waals surface area contributed by atoms with E-state index in [1.807, 2.05) is 0 Å². The molecule has 1 saturated heterocycles. The fourth-order valence-electron chi connectivity index (χ4n) is 2.60. The molecule has 0 saturated carbocycles. The van der Waals surface area contributed by atoms with Gasteiger partial charge in [-0.15, -0.1) is 0 Å². The predicted octanol–water partition coefficient (Wildman–Crippen LogP) is 1.52. The van der Waals surface area contributed by atoms with E-state index in [2.05, 4.69) is 10.1 Å². The molecule has 134 valence electrons. The molecule has 1 aliphatic rings. The standard InChI is InChI=1S/C15H27NO6S/c1-15(2,3)22-14(18)16-10-12-6-8-23(19,20)7-5-11(12)9-13(17)21-4/h11-12H,5-10H2,1-4H3,(H,16,18)/t11-,12-/m0/s1. The molecule has 1 N–H and O–H groups in total. The Kier molecular flexibility index (Phi) is 6.85. The highest BCUT2D eigenvalue weighted by Crippen LogP contribution is 2.28. The van der Waals surface area contributed by atoms with E-state index >= 15 is 0 Å². The van der Waals surface area contributed by atoms with E-state index in [0.717, 1.165) is 0 Å². The van der Waals surface area contributed by atoms with Crippen LogP contribution in [0.4, 0.5) is 4.79 Å². The zero-order valence-corrected chi connectivity index (χ0v) is 15.1. The Morgan fingerprint density at radius 1 is 1.13 bits per heavy atom. The third-order valence-corrected chi connectivity index (χ3v) is 5.55. The van der Waals surface area contributed by atoms with Crippen LogP contribution in [-0.4, -0.2) is 51.2 Å². The molecule has 0 spiro atoms. The smallest absolute Gasteiger partial charge is 0.407 e. The molecule has 1 fully saturated rings. The van der Waals surface area contributed by atoms with Gasteiger partial charge in [0.2, 0.25) is 0 Å². The number of sulfone groups is 1. The van der Waals surface area contributed by atoms with Crippen LogP contribution in [0.3, 0.4) is 0 Å². The molecular formula is C15H27NO6S. The second-order valence-corrected chi connectivity index (χ2v) is 9.22. The van der Waals surface area contributed by atoms with Crippen LogP contribution < -0.4 is 5.32 Å². The monoisotopic (exact) mass is 349 g/mol. The van der Waals surface area contributed by atoms with Crippen LogP contribution in [0.25, 0.3) is 0 Å². The molecule has 8 heteroatoms. The van der Waals surface area contributed by atoms with Gasteiger partial charge in [0.1, 0.15) is 15.4 Å². The normalized spacial score (nSPS) is 24.3. The third-order valence-electron chi connectivity index (χ3n) is 3.83. The van der Waals surface area contributed by atoms with Crippen molar-refractivity contribution >= 4 is 21.9 Å². The quantitative estimate of drug-likeness (QED) is 0.773. The van der Waals surface area contributed by atoms with Gasteiger partial charge < -0.3 is 14.8 Å². The lowest BCUT2D eigenvalue weighted by molar-refractivity contribution is -0.142. The molecule has 0 aromatic heterocycles. The van der Waals surface area contributed by atoms with Crippen molar-refractivity contribution in [2.75, 3.05) is 25.2 Å². The van der Waals surface area contributed by atoms with E-state index < -0.39 is 21.5 Å². The van der Waals surface area contributed by atoms with Gasteiger partial charge in [-0.1, -0.05) is 0 Å². The molecule has 1 aliphatic heterocycles. The van der Waals surface area contributed by atoms with Crippen LogP contribution in [0.5, 0.6) is 0 Å². The molecule has 1 heterocycles. The van der Waals surface area contributed by atoms with Gasteiger partial charge in [0.25, 0.3) is 0 Å². The van der Waals surface area contributed by atoms with Gasteiger partial charge in [-0.3, -0.25) is 4.79 Å². The zero-order valence-electron chi connectivity index (χ0n) is 14.3. The van der Waals surface area contributed by atoms with Gasteiger partial charge in [-0.25, -0.2) is 13.2 Å². The number of rotatable bonds is 4. The number of carbonyl (C=O) groups is 2. The molecule has 1 amide bonds. The third kappa shape index (κ3) is 7.67. The van der Waals surface area contributed by atoms with E-state index in [-0.39, 0.29) is 42.3 Å². The van der Waals surface area contributed by atoms with Crippen molar-refractivity contribution in [3.63, 3.8) is 0 Å². The average molecular weight is 349 g/mol. The molecule has 2 atom stereocenters. The predicted molar refractivity (Wildman–Crippen MR) is 85.7 cm³/mol. The van der Waals surface area contributed by atoms with Crippen LogP contribution in [0.1, 0.15) is 40.0 Å². The summed E-state index contributed by atoms with van der Waals surface area (Å²) < 4.78 is 33.5. The van der Waals surface area contributed by atoms with Crippen molar-refractivity contribution in [2.24, 2.45) is 11.8 Å². The molecule has 23 heavy (non-hydrogen) atoms. The summed E-state index contributed by atoms with van der Waals surface area (Å²) in [6.07, 6.45) is 0.436. The highest BCUT2D eigenvalue weighted by atomic mass is 32.2. The van der Waals surface area contributed by atoms with E-state index in [0.29, 0.717) is 12.8 Å². The summed E-state index contributed by atoms with van der Waals surface area (Å²) in [7, 11) is -1.78. The highest BCUT2D eigenvalue weighted by molar-refractivity contribution is 7.91. The van der Waals surface area contributed by atoms with Crippen molar-refractivity contribution < 1.29 is 27.5 Å². The maximum absolute atomic E-state index is 11.8. The highest BCUT2D eigenvalue weighted by Gasteiger charge is 2.31. The van der Waals surface area contributed by atoms with E-state index in [1.54, 1.807) is 20.8 Å². The van der Waals surface area contributed by atoms with Crippen LogP contribution in [0.15, 0.2) is 0 Å². The Balaban J connectivity index is 2.69. The summed E-state index contributed by atoms with van der Waals surface area (Å²) >= 11 is 0. The Hall–Kier alpha value is -1.31. The first kappa shape index (κ1) is 19.7. The molecular weight excluding hydrogens is 322 g/mol. The second-order valence-electron chi connectivity index (χ2n) is 6.91. The lowest BCUT2D eigenvalue weighted by Gasteiger charge is -2.25. The van der Waals surface area contributed by atoms with Crippen LogP contribution in [0.2, 0.25) is 0 Å². The topological polar surface area (TPSA) is 98.8 Å². The summed E-state index contributed by atoms with van der Waals surface area (Å²) in [5, 5.41) is 2.68. The molecule has 7 nitrogen and oxygen atoms in total. The van der Waals surface area contributed by atoms with E-state index in [9.17, 15) is 18.0 Å². The Morgan fingerprint density at radius 2 is 1.70 bits per heavy atom. The first-order valence-corrected chi connectivity index (χ1v) is 9.58. The summed E-state index contributed by atoms with van der Waals surface area (Å²) in [6.45, 7) is 5.59. The Bertz CT molecular complexity index is 523. The van der Waals surface area contributed by atoms with Gasteiger partial charge in [-0.2, -0.15) is 0 Å². The number of ether oxygens (including phenoxy) is 2. The number of hydrogen-bond donors (Lipinski definition) is 1. The molecule has 0 aliphatic carbocycles. The van der Waals surface area contributed by atoms with E-state index in [1.165, 1.54) is 7.11 Å². The number of carbonyl (C=O) groups excluding carboxylic acids is 2. The molecule has 1 rings (SSSR count). The fraction of sp³-hybridized carbons (Fsp3) is 0.867. The minimum atomic E-state index is -3.09. The van der Waals surface area contributed by atoms with Gasteiger partial charge in [0.15, 0.2) is 0 Å². The minimum absolute atomic E-state index is 0.0671. The fourth-order valence-corrected chi connectivity index (χ4v) is 4.13. The number of esters is 1. The van der Waals surface area contributed by atoms with Crippen LogP contribution >= 0.6 is 0 Å². The van der Waals surface area contributed by atoms with Gasteiger partial charge in [0, 0.05) is 13.0 Å². The summed E-state index contributed by atoms with van der Waals surface area (Å²) in [5.74, 6) is -0.451. The molecule has 0 unspecified atom stereocenters.